The number of aliphatic hydroxyl groups is 1. The SMILES string of the molecule is CCOc1ccc(N2C(=O)C(=O)/C(=C(/O)c3ccc(OC(C)C)cc3)C2c2ccc(OC(C)C)cc2)cc1. The van der Waals surface area contributed by atoms with Gasteiger partial charge in [0, 0.05) is 11.3 Å². The second kappa shape index (κ2) is 11.4. The van der Waals surface area contributed by atoms with Crippen molar-refractivity contribution >= 4 is 23.1 Å². The molecule has 4 rings (SSSR count). The zero-order valence-corrected chi connectivity index (χ0v) is 22.3. The van der Waals surface area contributed by atoms with Crippen LogP contribution < -0.4 is 19.1 Å². The van der Waals surface area contributed by atoms with Gasteiger partial charge in [0.15, 0.2) is 0 Å². The molecule has 1 N–H and O–H groups in total. The molecule has 198 valence electrons. The van der Waals surface area contributed by atoms with E-state index in [0.717, 1.165) is 0 Å². The molecule has 3 aromatic rings. The Morgan fingerprint density at radius 2 is 1.29 bits per heavy atom. The fourth-order valence-corrected chi connectivity index (χ4v) is 4.40. The summed E-state index contributed by atoms with van der Waals surface area (Å²) in [6.07, 6.45) is -0.00507. The minimum Gasteiger partial charge on any atom is -0.507 e. The zero-order valence-electron chi connectivity index (χ0n) is 22.3. The predicted octanol–water partition coefficient (Wildman–Crippen LogP) is 6.29. The van der Waals surface area contributed by atoms with E-state index in [-0.39, 0.29) is 23.5 Å². The van der Waals surface area contributed by atoms with E-state index >= 15 is 0 Å². The maximum Gasteiger partial charge on any atom is 0.300 e. The standard InChI is InChI=1S/C31H33NO6/c1-6-36-24-17-11-23(12-18-24)32-28(21-7-13-25(14-8-21)37-19(2)3)27(30(34)31(32)35)29(33)22-9-15-26(16-10-22)38-20(4)5/h7-20,28,33H,6H2,1-5H3/b29-27+. The molecule has 0 radical (unpaired) electrons. The van der Waals surface area contributed by atoms with Crippen LogP contribution in [0.3, 0.4) is 0 Å². The number of ketones is 1. The molecule has 0 saturated carbocycles. The highest BCUT2D eigenvalue weighted by molar-refractivity contribution is 6.51. The van der Waals surface area contributed by atoms with E-state index in [9.17, 15) is 14.7 Å². The Labute approximate surface area is 223 Å². The van der Waals surface area contributed by atoms with E-state index in [1.54, 1.807) is 60.7 Å². The van der Waals surface area contributed by atoms with Gasteiger partial charge < -0.3 is 19.3 Å². The predicted molar refractivity (Wildman–Crippen MR) is 147 cm³/mol. The number of rotatable bonds is 9. The lowest BCUT2D eigenvalue weighted by molar-refractivity contribution is -0.132. The first-order valence-electron chi connectivity index (χ1n) is 12.8. The highest BCUT2D eigenvalue weighted by atomic mass is 16.5. The van der Waals surface area contributed by atoms with Crippen molar-refractivity contribution < 1.29 is 28.9 Å². The molecule has 1 aliphatic heterocycles. The van der Waals surface area contributed by atoms with Gasteiger partial charge in [0.2, 0.25) is 0 Å². The lowest BCUT2D eigenvalue weighted by Gasteiger charge is -2.26. The van der Waals surface area contributed by atoms with Gasteiger partial charge in [0.1, 0.15) is 23.0 Å². The topological polar surface area (TPSA) is 85.3 Å². The number of nitrogens with zero attached hydrogens (tertiary/aromatic N) is 1. The van der Waals surface area contributed by atoms with Crippen molar-refractivity contribution in [1.29, 1.82) is 0 Å². The smallest absolute Gasteiger partial charge is 0.300 e. The van der Waals surface area contributed by atoms with Gasteiger partial charge in [-0.15, -0.1) is 0 Å². The van der Waals surface area contributed by atoms with Gasteiger partial charge in [-0.1, -0.05) is 12.1 Å². The second-order valence-electron chi connectivity index (χ2n) is 9.52. The largest absolute Gasteiger partial charge is 0.507 e. The number of ether oxygens (including phenoxy) is 3. The number of benzene rings is 3. The number of carbonyl (C=O) groups is 2. The lowest BCUT2D eigenvalue weighted by Crippen LogP contribution is -2.29. The Bertz CT molecular complexity index is 1310. The Morgan fingerprint density at radius 3 is 1.79 bits per heavy atom. The Morgan fingerprint density at radius 1 is 0.789 bits per heavy atom. The molecule has 1 amide bonds. The number of anilines is 1. The molecule has 1 heterocycles. The third-order valence-corrected chi connectivity index (χ3v) is 5.94. The summed E-state index contributed by atoms with van der Waals surface area (Å²) in [5, 5.41) is 11.4. The van der Waals surface area contributed by atoms with Crippen molar-refractivity contribution in [3.05, 3.63) is 89.5 Å². The van der Waals surface area contributed by atoms with Crippen LogP contribution in [0, 0.1) is 0 Å². The van der Waals surface area contributed by atoms with Crippen molar-refractivity contribution in [2.45, 2.75) is 52.9 Å². The second-order valence-corrected chi connectivity index (χ2v) is 9.52. The van der Waals surface area contributed by atoms with Crippen molar-refractivity contribution in [2.24, 2.45) is 0 Å². The molecule has 1 unspecified atom stereocenters. The number of carbonyl (C=O) groups excluding carboxylic acids is 2. The van der Waals surface area contributed by atoms with E-state index in [1.165, 1.54) is 4.90 Å². The van der Waals surface area contributed by atoms with Crippen molar-refractivity contribution in [2.75, 3.05) is 11.5 Å². The van der Waals surface area contributed by atoms with E-state index in [1.807, 2.05) is 46.8 Å². The van der Waals surface area contributed by atoms with Crippen LogP contribution in [0.4, 0.5) is 5.69 Å². The summed E-state index contributed by atoms with van der Waals surface area (Å²) in [5.41, 5.74) is 1.60. The zero-order chi connectivity index (χ0) is 27.4. The number of hydrogen-bond donors (Lipinski definition) is 1. The van der Waals surface area contributed by atoms with E-state index in [0.29, 0.717) is 40.7 Å². The third kappa shape index (κ3) is 5.67. The molecular formula is C31H33NO6. The molecule has 0 spiro atoms. The quantitative estimate of drug-likeness (QED) is 0.205. The normalized spacial score (nSPS) is 16.8. The summed E-state index contributed by atoms with van der Waals surface area (Å²) in [6, 6.07) is 20.1. The molecule has 7 nitrogen and oxygen atoms in total. The van der Waals surface area contributed by atoms with Gasteiger partial charge in [-0.25, -0.2) is 0 Å². The molecule has 1 atom stereocenters. The summed E-state index contributed by atoms with van der Waals surface area (Å²) in [5.74, 6) is 0.240. The van der Waals surface area contributed by atoms with Gasteiger partial charge in [0.05, 0.1) is 30.4 Å². The Balaban J connectivity index is 1.81. The monoisotopic (exact) mass is 515 g/mol. The molecule has 1 fully saturated rings. The molecule has 0 bridgehead atoms. The van der Waals surface area contributed by atoms with Gasteiger partial charge in [-0.3, -0.25) is 14.5 Å². The molecule has 0 aromatic heterocycles. The van der Waals surface area contributed by atoms with Crippen LogP contribution in [0.5, 0.6) is 17.2 Å². The summed E-state index contributed by atoms with van der Waals surface area (Å²) in [6.45, 7) is 10.1. The maximum absolute atomic E-state index is 13.4. The average molecular weight is 516 g/mol. The summed E-state index contributed by atoms with van der Waals surface area (Å²) in [4.78, 5) is 28.2. The van der Waals surface area contributed by atoms with Crippen LogP contribution in [0.2, 0.25) is 0 Å². The highest BCUT2D eigenvalue weighted by Gasteiger charge is 2.47. The molecule has 0 aliphatic carbocycles. The van der Waals surface area contributed by atoms with Crippen LogP contribution in [-0.2, 0) is 9.59 Å². The van der Waals surface area contributed by atoms with E-state index in [4.69, 9.17) is 14.2 Å². The van der Waals surface area contributed by atoms with E-state index < -0.39 is 17.7 Å². The van der Waals surface area contributed by atoms with Crippen LogP contribution in [0.1, 0.15) is 51.8 Å². The summed E-state index contributed by atoms with van der Waals surface area (Å²) in [7, 11) is 0. The molecular weight excluding hydrogens is 482 g/mol. The maximum atomic E-state index is 13.4. The van der Waals surface area contributed by atoms with Gasteiger partial charge in [-0.05, 0) is 101 Å². The molecule has 38 heavy (non-hydrogen) atoms. The molecule has 1 aliphatic rings. The Kier molecular flexibility index (Phi) is 8.05. The first kappa shape index (κ1) is 26.8. The first-order valence-corrected chi connectivity index (χ1v) is 12.8. The first-order chi connectivity index (χ1) is 18.2. The van der Waals surface area contributed by atoms with Crippen LogP contribution >= 0.6 is 0 Å². The van der Waals surface area contributed by atoms with Crippen molar-refractivity contribution in [3.63, 3.8) is 0 Å². The number of aliphatic hydroxyl groups excluding tert-OH is 1. The molecule has 3 aromatic carbocycles. The third-order valence-electron chi connectivity index (χ3n) is 5.94. The minimum absolute atomic E-state index is 0.00186. The fourth-order valence-electron chi connectivity index (χ4n) is 4.40. The van der Waals surface area contributed by atoms with Crippen molar-refractivity contribution in [1.82, 2.24) is 0 Å². The fraction of sp³-hybridized carbons (Fsp3) is 0.290. The van der Waals surface area contributed by atoms with Crippen LogP contribution in [0.15, 0.2) is 78.4 Å². The number of hydrogen-bond acceptors (Lipinski definition) is 6. The summed E-state index contributed by atoms with van der Waals surface area (Å²) < 4.78 is 17.0. The Hall–Kier alpha value is -4.26. The van der Waals surface area contributed by atoms with E-state index in [2.05, 4.69) is 0 Å². The van der Waals surface area contributed by atoms with Crippen molar-refractivity contribution in [3.8, 4) is 17.2 Å². The van der Waals surface area contributed by atoms with Gasteiger partial charge in [-0.2, -0.15) is 0 Å². The van der Waals surface area contributed by atoms with Crippen LogP contribution in [0.25, 0.3) is 5.76 Å². The molecule has 1 saturated heterocycles. The number of amides is 1. The average Bonchev–Trinajstić information content (AvgIpc) is 3.15. The molecule has 7 heteroatoms. The number of Topliss-reactive ketones (excluding diaryl/α,β-unsaturated/α-hetero) is 1. The van der Waals surface area contributed by atoms with Gasteiger partial charge in [0.25, 0.3) is 11.7 Å². The highest BCUT2D eigenvalue weighted by Crippen LogP contribution is 2.43. The van der Waals surface area contributed by atoms with Crippen LogP contribution in [-0.4, -0.2) is 35.6 Å². The summed E-state index contributed by atoms with van der Waals surface area (Å²) >= 11 is 0. The van der Waals surface area contributed by atoms with Gasteiger partial charge >= 0.3 is 0 Å². The lowest BCUT2D eigenvalue weighted by atomic mass is 9.95. The minimum atomic E-state index is -0.840.